The molecule has 49 heavy (non-hydrogen) atoms. The molecule has 0 unspecified atom stereocenters. The molecule has 0 bridgehead atoms. The van der Waals surface area contributed by atoms with Gasteiger partial charge in [0.15, 0.2) is 0 Å². The van der Waals surface area contributed by atoms with E-state index >= 15 is 0 Å². The van der Waals surface area contributed by atoms with Crippen molar-refractivity contribution in [3.63, 3.8) is 0 Å². The highest BCUT2D eigenvalue weighted by Crippen LogP contribution is 2.29. The van der Waals surface area contributed by atoms with Crippen LogP contribution in [-0.2, 0) is 16.6 Å². The monoisotopic (exact) mass is 688 g/mol. The lowest BCUT2D eigenvalue weighted by Crippen LogP contribution is -2.49. The summed E-state index contributed by atoms with van der Waals surface area (Å²) in [5, 5.41) is 2.85. The second-order valence-electron chi connectivity index (χ2n) is 11.7. The van der Waals surface area contributed by atoms with Crippen molar-refractivity contribution in [3.8, 4) is 23.1 Å². The van der Waals surface area contributed by atoms with Crippen LogP contribution in [0.25, 0.3) is 11.5 Å². The number of likely N-dealkylation sites (tertiary alicyclic amines) is 1. The third-order valence-corrected chi connectivity index (χ3v) is 8.66. The van der Waals surface area contributed by atoms with Crippen molar-refractivity contribution >= 4 is 33.1 Å². The molecule has 3 heterocycles. The second kappa shape index (κ2) is 14.4. The number of sulfonamides is 1. The van der Waals surface area contributed by atoms with E-state index in [4.69, 9.17) is 9.15 Å². The Balaban J connectivity index is 1.10. The molecule has 6 rings (SSSR count). The Morgan fingerprint density at radius 3 is 2.45 bits per heavy atom. The molecule has 2 aromatic heterocycles. The standard InChI is InChI=1S/C35H34F2N6O5S/c1-23-24(6-13-33(39-23)48-30-10-7-26(8-11-30)41-49(2,45)46)22-42-17-14-28(15-18-42)43(29-5-3-4-25(36)20-29)35(44)40-27-9-12-32(37)31(21-27)34-38-16-19-47-34/h3-13,16,19-21,28,41H,14-15,17-18,22H2,1-2H3,(H,40,44). The third-order valence-electron chi connectivity index (χ3n) is 8.05. The maximum absolute atomic E-state index is 14.5. The van der Waals surface area contributed by atoms with Gasteiger partial charge in [0.1, 0.15) is 23.6 Å². The summed E-state index contributed by atoms with van der Waals surface area (Å²) in [5.74, 6) is 0.0124. The van der Waals surface area contributed by atoms with Crippen LogP contribution in [0, 0.1) is 18.6 Å². The molecule has 1 fully saturated rings. The molecule has 11 nitrogen and oxygen atoms in total. The Labute approximate surface area is 282 Å². The summed E-state index contributed by atoms with van der Waals surface area (Å²) >= 11 is 0. The van der Waals surface area contributed by atoms with Crippen molar-refractivity contribution in [3.05, 3.63) is 114 Å². The summed E-state index contributed by atoms with van der Waals surface area (Å²) < 4.78 is 65.3. The zero-order chi connectivity index (χ0) is 34.5. The van der Waals surface area contributed by atoms with E-state index in [0.717, 1.165) is 17.5 Å². The molecule has 1 saturated heterocycles. The highest BCUT2D eigenvalue weighted by atomic mass is 32.2. The SMILES string of the molecule is Cc1nc(Oc2ccc(NS(C)(=O)=O)cc2)ccc1CN1CCC(N(C(=O)Nc2ccc(F)c(-c3ncco3)c2)c2cccc(F)c2)CC1. The topological polar surface area (TPSA) is 130 Å². The number of pyridine rings is 1. The van der Waals surface area contributed by atoms with Gasteiger partial charge in [-0.05, 0) is 86.0 Å². The quantitative estimate of drug-likeness (QED) is 0.158. The van der Waals surface area contributed by atoms with Gasteiger partial charge in [0.2, 0.25) is 21.8 Å². The lowest BCUT2D eigenvalue weighted by atomic mass is 10.0. The van der Waals surface area contributed by atoms with Gasteiger partial charge in [-0.2, -0.15) is 0 Å². The Morgan fingerprint density at radius 1 is 1.02 bits per heavy atom. The number of ether oxygens (including phenoxy) is 1. The van der Waals surface area contributed by atoms with Gasteiger partial charge in [-0.1, -0.05) is 12.1 Å². The summed E-state index contributed by atoms with van der Waals surface area (Å²) in [5.41, 5.74) is 3.13. The molecule has 2 N–H and O–H groups in total. The van der Waals surface area contributed by atoms with Crippen LogP contribution in [0.4, 0.5) is 30.6 Å². The number of amides is 2. The lowest BCUT2D eigenvalue weighted by molar-refractivity contribution is 0.199. The number of urea groups is 1. The summed E-state index contributed by atoms with van der Waals surface area (Å²) in [4.78, 5) is 26.2. The van der Waals surface area contributed by atoms with Crippen molar-refractivity contribution in [1.82, 2.24) is 14.9 Å². The summed E-state index contributed by atoms with van der Waals surface area (Å²) in [6, 6.07) is 19.6. The van der Waals surface area contributed by atoms with Gasteiger partial charge < -0.3 is 14.5 Å². The number of benzene rings is 3. The first-order chi connectivity index (χ1) is 23.5. The number of nitrogens with one attached hydrogen (secondary N) is 2. The number of aromatic nitrogens is 2. The Hall–Kier alpha value is -5.34. The summed E-state index contributed by atoms with van der Waals surface area (Å²) in [6.45, 7) is 3.91. The minimum Gasteiger partial charge on any atom is -0.444 e. The zero-order valence-corrected chi connectivity index (χ0v) is 27.6. The van der Waals surface area contributed by atoms with Crippen LogP contribution in [-0.4, -0.2) is 54.7 Å². The minimum absolute atomic E-state index is 0.0895. The largest absolute Gasteiger partial charge is 0.444 e. The fourth-order valence-corrected chi connectivity index (χ4v) is 6.28. The van der Waals surface area contributed by atoms with Crippen molar-refractivity contribution in [2.24, 2.45) is 0 Å². The number of halogens is 2. The van der Waals surface area contributed by atoms with E-state index in [1.165, 1.54) is 42.8 Å². The molecule has 0 atom stereocenters. The van der Waals surface area contributed by atoms with Crippen LogP contribution in [0.1, 0.15) is 24.1 Å². The van der Waals surface area contributed by atoms with Gasteiger partial charge in [-0.25, -0.2) is 32.0 Å². The van der Waals surface area contributed by atoms with Crippen LogP contribution in [0.15, 0.2) is 95.7 Å². The van der Waals surface area contributed by atoms with Crippen molar-refractivity contribution in [2.45, 2.75) is 32.4 Å². The van der Waals surface area contributed by atoms with E-state index in [1.54, 1.807) is 47.4 Å². The summed E-state index contributed by atoms with van der Waals surface area (Å²) in [6.07, 6.45) is 5.10. The van der Waals surface area contributed by atoms with Gasteiger partial charge in [-0.3, -0.25) is 14.5 Å². The molecule has 0 saturated carbocycles. The minimum atomic E-state index is -3.37. The van der Waals surface area contributed by atoms with Gasteiger partial charge in [-0.15, -0.1) is 0 Å². The maximum Gasteiger partial charge on any atom is 0.326 e. The molecule has 254 valence electrons. The summed E-state index contributed by atoms with van der Waals surface area (Å²) in [7, 11) is -3.37. The third kappa shape index (κ3) is 8.58. The molecule has 2 amide bonds. The average Bonchev–Trinajstić information content (AvgIpc) is 3.60. The van der Waals surface area contributed by atoms with Crippen LogP contribution in [0.3, 0.4) is 0 Å². The molecular weight excluding hydrogens is 654 g/mol. The second-order valence-corrected chi connectivity index (χ2v) is 13.5. The molecule has 5 aromatic rings. The molecule has 1 aliphatic rings. The number of carbonyl (C=O) groups is 1. The van der Waals surface area contributed by atoms with Crippen LogP contribution < -0.4 is 19.7 Å². The fourth-order valence-electron chi connectivity index (χ4n) is 5.72. The van der Waals surface area contributed by atoms with Gasteiger partial charge in [0.05, 0.1) is 18.0 Å². The van der Waals surface area contributed by atoms with Crippen molar-refractivity contribution in [2.75, 3.05) is 34.3 Å². The van der Waals surface area contributed by atoms with Crippen molar-refractivity contribution in [1.29, 1.82) is 0 Å². The molecule has 0 spiro atoms. The number of anilines is 3. The van der Waals surface area contributed by atoms with E-state index in [0.29, 0.717) is 61.2 Å². The highest BCUT2D eigenvalue weighted by Gasteiger charge is 2.30. The first kappa shape index (κ1) is 33.6. The average molecular weight is 689 g/mol. The van der Waals surface area contributed by atoms with E-state index in [9.17, 15) is 22.0 Å². The highest BCUT2D eigenvalue weighted by molar-refractivity contribution is 7.92. The number of aryl methyl sites for hydroxylation is 1. The van der Waals surface area contributed by atoms with E-state index in [2.05, 4.69) is 24.9 Å². The van der Waals surface area contributed by atoms with Gasteiger partial charge in [0, 0.05) is 54.5 Å². The Kier molecular flexibility index (Phi) is 9.87. The predicted molar refractivity (Wildman–Crippen MR) is 182 cm³/mol. The Bertz CT molecular complexity index is 2040. The number of oxazole rings is 1. The van der Waals surface area contributed by atoms with Crippen LogP contribution >= 0.6 is 0 Å². The normalized spacial score (nSPS) is 14.0. The maximum atomic E-state index is 14.5. The predicted octanol–water partition coefficient (Wildman–Crippen LogP) is 7.19. The number of rotatable bonds is 10. The Morgan fingerprint density at radius 2 is 1.78 bits per heavy atom. The van der Waals surface area contributed by atoms with Crippen LogP contribution in [0.5, 0.6) is 11.6 Å². The number of hydrogen-bond donors (Lipinski definition) is 2. The fraction of sp³-hybridized carbons (Fsp3) is 0.229. The van der Waals surface area contributed by atoms with E-state index < -0.39 is 27.7 Å². The molecule has 0 aliphatic carbocycles. The molecule has 1 aliphatic heterocycles. The van der Waals surface area contributed by atoms with E-state index in [1.807, 2.05) is 13.0 Å². The van der Waals surface area contributed by atoms with Crippen molar-refractivity contribution < 1.29 is 31.1 Å². The number of carbonyl (C=O) groups excluding carboxylic acids is 1. The lowest BCUT2D eigenvalue weighted by Gasteiger charge is -2.38. The van der Waals surface area contributed by atoms with Crippen LogP contribution in [0.2, 0.25) is 0 Å². The molecule has 3 aromatic carbocycles. The first-order valence-electron chi connectivity index (χ1n) is 15.5. The van der Waals surface area contributed by atoms with Gasteiger partial charge >= 0.3 is 6.03 Å². The number of piperidine rings is 1. The number of hydrogen-bond acceptors (Lipinski definition) is 8. The molecule has 14 heteroatoms. The first-order valence-corrected chi connectivity index (χ1v) is 17.4. The molecular formula is C35H34F2N6O5S. The number of nitrogens with zero attached hydrogens (tertiary/aromatic N) is 4. The zero-order valence-electron chi connectivity index (χ0n) is 26.8. The van der Waals surface area contributed by atoms with E-state index in [-0.39, 0.29) is 17.5 Å². The smallest absolute Gasteiger partial charge is 0.326 e. The van der Waals surface area contributed by atoms with Gasteiger partial charge in [0.25, 0.3) is 0 Å². The molecule has 0 radical (unpaired) electrons.